The molecule has 2 fully saturated rings. The Morgan fingerprint density at radius 2 is 1.94 bits per heavy atom. The first-order chi connectivity index (χ1) is 8.70. The number of carbonyl (C=O) groups excluding carboxylic acids is 1. The Hall–Kier alpha value is -1.69. The maximum absolute atomic E-state index is 13.7. The van der Waals surface area contributed by atoms with Gasteiger partial charge in [-0.2, -0.15) is 5.26 Å². The summed E-state index contributed by atoms with van der Waals surface area (Å²) in [6.45, 7) is 0. The molecule has 0 radical (unpaired) electrons. The first-order valence-corrected chi connectivity index (χ1v) is 6.38. The molecule has 0 aliphatic heterocycles. The second-order valence-electron chi connectivity index (χ2n) is 5.41. The molecule has 0 N–H and O–H groups in total. The van der Waals surface area contributed by atoms with Crippen LogP contribution in [0.2, 0.25) is 0 Å². The third-order valence-electron chi connectivity index (χ3n) is 4.28. The zero-order valence-corrected chi connectivity index (χ0v) is 9.97. The number of fused-ring (bicyclic) bond motifs is 1. The highest BCUT2D eigenvalue weighted by Gasteiger charge is 2.49. The smallest absolute Gasteiger partial charge is 0.157 e. The Morgan fingerprint density at radius 1 is 1.28 bits per heavy atom. The van der Waals surface area contributed by atoms with Gasteiger partial charge in [-0.05, 0) is 37.2 Å². The van der Waals surface area contributed by atoms with Crippen LogP contribution in [-0.2, 0) is 4.79 Å². The van der Waals surface area contributed by atoms with Crippen molar-refractivity contribution < 1.29 is 9.18 Å². The number of halogens is 1. The highest BCUT2D eigenvalue weighted by Crippen LogP contribution is 2.55. The Balaban J connectivity index is 1.82. The summed E-state index contributed by atoms with van der Waals surface area (Å²) < 4.78 is 13.7. The van der Waals surface area contributed by atoms with Gasteiger partial charge in [0.2, 0.25) is 0 Å². The number of rotatable bonds is 3. The number of benzene rings is 1. The Kier molecular flexibility index (Phi) is 2.66. The molecule has 0 amide bonds. The molecule has 0 heterocycles. The van der Waals surface area contributed by atoms with E-state index in [1.54, 1.807) is 12.1 Å². The molecule has 92 valence electrons. The van der Waals surface area contributed by atoms with Crippen LogP contribution in [0.1, 0.15) is 30.7 Å². The lowest BCUT2D eigenvalue weighted by molar-refractivity contribution is -0.123. The average molecular weight is 243 g/mol. The molecule has 3 rings (SSSR count). The van der Waals surface area contributed by atoms with Crippen LogP contribution in [-0.4, -0.2) is 5.78 Å². The number of carbonyl (C=O) groups is 1. The van der Waals surface area contributed by atoms with Crippen molar-refractivity contribution in [2.45, 2.75) is 25.2 Å². The molecule has 1 aromatic rings. The molecule has 2 nitrogen and oxygen atoms in total. The van der Waals surface area contributed by atoms with Gasteiger partial charge in [0.25, 0.3) is 0 Å². The van der Waals surface area contributed by atoms with Crippen LogP contribution in [0.5, 0.6) is 0 Å². The van der Waals surface area contributed by atoms with Crippen LogP contribution in [0.15, 0.2) is 24.3 Å². The maximum Gasteiger partial charge on any atom is 0.157 e. The monoisotopic (exact) mass is 243 g/mol. The fourth-order valence-corrected chi connectivity index (χ4v) is 3.18. The van der Waals surface area contributed by atoms with Crippen LogP contribution >= 0.6 is 0 Å². The van der Waals surface area contributed by atoms with Crippen LogP contribution < -0.4 is 0 Å². The molecule has 0 spiro atoms. The van der Waals surface area contributed by atoms with Gasteiger partial charge in [0.1, 0.15) is 11.7 Å². The van der Waals surface area contributed by atoms with Gasteiger partial charge in [0.15, 0.2) is 5.78 Å². The van der Waals surface area contributed by atoms with Gasteiger partial charge < -0.3 is 0 Å². The molecule has 2 aliphatic carbocycles. The summed E-state index contributed by atoms with van der Waals surface area (Å²) in [4.78, 5) is 12.3. The van der Waals surface area contributed by atoms with E-state index in [9.17, 15) is 14.4 Å². The summed E-state index contributed by atoms with van der Waals surface area (Å²) in [5.41, 5.74) is 0.227. The summed E-state index contributed by atoms with van der Waals surface area (Å²) in [5, 5.41) is 9.17. The van der Waals surface area contributed by atoms with E-state index in [4.69, 9.17) is 0 Å². The van der Waals surface area contributed by atoms with E-state index in [0.717, 1.165) is 12.8 Å². The standard InChI is InChI=1S/C15H14FNO/c16-14-4-2-1-3-12(14)13(8-17)15(18)11-6-9-5-10(9)7-11/h1-4,9-11,13H,5-7H2. The van der Waals surface area contributed by atoms with Crippen LogP contribution in [0.3, 0.4) is 0 Å². The molecular weight excluding hydrogens is 229 g/mol. The van der Waals surface area contributed by atoms with E-state index in [1.165, 1.54) is 18.6 Å². The van der Waals surface area contributed by atoms with E-state index in [-0.39, 0.29) is 17.3 Å². The fraction of sp³-hybridized carbons (Fsp3) is 0.467. The van der Waals surface area contributed by atoms with Gasteiger partial charge >= 0.3 is 0 Å². The predicted molar refractivity (Wildman–Crippen MR) is 64.1 cm³/mol. The molecule has 18 heavy (non-hydrogen) atoms. The van der Waals surface area contributed by atoms with Crippen LogP contribution in [0.4, 0.5) is 4.39 Å². The number of nitrogens with zero attached hydrogens (tertiary/aromatic N) is 1. The van der Waals surface area contributed by atoms with E-state index in [0.29, 0.717) is 11.8 Å². The van der Waals surface area contributed by atoms with E-state index >= 15 is 0 Å². The topological polar surface area (TPSA) is 40.9 Å². The number of ketones is 1. The molecule has 3 heteroatoms. The number of hydrogen-bond donors (Lipinski definition) is 0. The Morgan fingerprint density at radius 3 is 2.56 bits per heavy atom. The highest BCUT2D eigenvalue weighted by atomic mass is 19.1. The molecule has 3 unspecified atom stereocenters. The Labute approximate surface area is 105 Å². The third kappa shape index (κ3) is 1.82. The predicted octanol–water partition coefficient (Wildman–Crippen LogP) is 3.05. The normalized spacial score (nSPS) is 30.3. The molecule has 2 saturated carbocycles. The summed E-state index contributed by atoms with van der Waals surface area (Å²) >= 11 is 0. The van der Waals surface area contributed by atoms with Crippen molar-refractivity contribution in [1.29, 1.82) is 5.26 Å². The van der Waals surface area contributed by atoms with Crippen molar-refractivity contribution in [3.05, 3.63) is 35.6 Å². The van der Waals surface area contributed by atoms with Gasteiger partial charge in [-0.25, -0.2) is 4.39 Å². The average Bonchev–Trinajstić information content (AvgIpc) is 2.99. The maximum atomic E-state index is 13.7. The second-order valence-corrected chi connectivity index (χ2v) is 5.41. The number of hydrogen-bond acceptors (Lipinski definition) is 2. The lowest BCUT2D eigenvalue weighted by Gasteiger charge is -2.15. The largest absolute Gasteiger partial charge is 0.298 e. The van der Waals surface area contributed by atoms with Crippen molar-refractivity contribution in [2.75, 3.05) is 0 Å². The summed E-state index contributed by atoms with van der Waals surface area (Å²) in [5.74, 6) is -0.125. The summed E-state index contributed by atoms with van der Waals surface area (Å²) in [6, 6.07) is 8.06. The summed E-state index contributed by atoms with van der Waals surface area (Å²) in [6.07, 6.45) is 3.03. The van der Waals surface area contributed by atoms with E-state index < -0.39 is 11.7 Å². The molecular formula is C15H14FNO. The Bertz CT molecular complexity index is 524. The quantitative estimate of drug-likeness (QED) is 0.818. The SMILES string of the molecule is N#CC(C(=O)C1CC2CC2C1)c1ccccc1F. The van der Waals surface area contributed by atoms with Crippen molar-refractivity contribution in [2.24, 2.45) is 17.8 Å². The minimum absolute atomic E-state index is 0.0296. The highest BCUT2D eigenvalue weighted by molar-refractivity contribution is 5.90. The van der Waals surface area contributed by atoms with Crippen molar-refractivity contribution in [3.8, 4) is 6.07 Å². The fourth-order valence-electron chi connectivity index (χ4n) is 3.18. The van der Waals surface area contributed by atoms with Gasteiger partial charge in [-0.15, -0.1) is 0 Å². The van der Waals surface area contributed by atoms with E-state index in [1.807, 2.05) is 6.07 Å². The van der Waals surface area contributed by atoms with Gasteiger partial charge in [-0.1, -0.05) is 18.2 Å². The molecule has 3 atom stereocenters. The number of nitriles is 1. The minimum atomic E-state index is -0.936. The lowest BCUT2D eigenvalue weighted by Crippen LogP contribution is -2.21. The first kappa shape index (κ1) is 11.4. The van der Waals surface area contributed by atoms with Crippen molar-refractivity contribution >= 4 is 5.78 Å². The third-order valence-corrected chi connectivity index (χ3v) is 4.28. The second kappa shape index (κ2) is 4.20. The first-order valence-electron chi connectivity index (χ1n) is 6.38. The van der Waals surface area contributed by atoms with Gasteiger partial charge in [-0.3, -0.25) is 4.79 Å². The van der Waals surface area contributed by atoms with Crippen LogP contribution in [0, 0.1) is 34.9 Å². The molecule has 2 aliphatic rings. The zero-order valence-electron chi connectivity index (χ0n) is 9.97. The summed E-state index contributed by atoms with van der Waals surface area (Å²) in [7, 11) is 0. The van der Waals surface area contributed by atoms with E-state index in [2.05, 4.69) is 0 Å². The van der Waals surface area contributed by atoms with Crippen molar-refractivity contribution in [3.63, 3.8) is 0 Å². The molecule has 0 aromatic heterocycles. The van der Waals surface area contributed by atoms with Gasteiger partial charge in [0.05, 0.1) is 6.07 Å². The van der Waals surface area contributed by atoms with Crippen LogP contribution in [0.25, 0.3) is 0 Å². The molecule has 1 aromatic carbocycles. The lowest BCUT2D eigenvalue weighted by atomic mass is 9.85. The number of Topliss-reactive ketones (excluding diaryl/α,β-unsaturated/α-hetero) is 1. The molecule has 0 saturated heterocycles. The zero-order chi connectivity index (χ0) is 12.7. The molecule has 0 bridgehead atoms. The van der Waals surface area contributed by atoms with Crippen molar-refractivity contribution in [1.82, 2.24) is 0 Å². The minimum Gasteiger partial charge on any atom is -0.298 e. The van der Waals surface area contributed by atoms with Gasteiger partial charge in [0, 0.05) is 11.5 Å².